The number of hydrogen-bond acceptors (Lipinski definition) is 4. The smallest absolute Gasteiger partial charge is 0.278 e. The molecular weight excluding hydrogens is 383 g/mol. The molecule has 156 valence electrons. The zero-order valence-corrected chi connectivity index (χ0v) is 17.1. The first kappa shape index (κ1) is 20.1. The highest BCUT2D eigenvalue weighted by molar-refractivity contribution is 6.07. The van der Waals surface area contributed by atoms with Gasteiger partial charge in [-0.1, -0.05) is 18.6 Å². The minimum absolute atomic E-state index is 0.241. The van der Waals surface area contributed by atoms with Crippen molar-refractivity contribution < 1.29 is 9.18 Å². The van der Waals surface area contributed by atoms with Gasteiger partial charge < -0.3 is 10.7 Å². The summed E-state index contributed by atoms with van der Waals surface area (Å²) in [5.41, 5.74) is 4.49. The molecule has 0 spiro atoms. The van der Waals surface area contributed by atoms with Gasteiger partial charge in [-0.05, 0) is 56.4 Å². The van der Waals surface area contributed by atoms with Crippen molar-refractivity contribution in [2.24, 2.45) is 5.92 Å². The number of rotatable bonds is 6. The van der Waals surface area contributed by atoms with Crippen molar-refractivity contribution in [2.45, 2.75) is 39.2 Å². The molecule has 6 nitrogen and oxygen atoms in total. The highest BCUT2D eigenvalue weighted by Gasteiger charge is 2.31. The lowest BCUT2D eigenvalue weighted by Gasteiger charge is -2.35. The van der Waals surface area contributed by atoms with E-state index in [-0.39, 0.29) is 29.2 Å². The third-order valence-electron chi connectivity index (χ3n) is 5.88. The van der Waals surface area contributed by atoms with E-state index in [4.69, 9.17) is 0 Å². The molecule has 4 rings (SSSR count). The number of nitrogens with one attached hydrogen (secondary N) is 2. The van der Waals surface area contributed by atoms with Gasteiger partial charge in [-0.2, -0.15) is 0 Å². The second kappa shape index (κ2) is 8.26. The van der Waals surface area contributed by atoms with Crippen molar-refractivity contribution in [2.75, 3.05) is 12.0 Å². The van der Waals surface area contributed by atoms with Crippen molar-refractivity contribution in [1.82, 2.24) is 15.0 Å². The van der Waals surface area contributed by atoms with E-state index in [1.54, 1.807) is 25.3 Å². The van der Waals surface area contributed by atoms with Gasteiger partial charge >= 0.3 is 0 Å². The average molecular weight is 408 g/mol. The highest BCUT2D eigenvalue weighted by Crippen LogP contribution is 2.38. The topological polar surface area (TPSA) is 76.0 Å². The molecule has 0 aliphatic heterocycles. The standard InChI is InChI=1S/C23H25FN4O2/c1-3-26-28-14(2)20(18-10-11-25-13-19(18)23(28)30)22(29)27-21(15-6-4-7-15)16-8-5-9-17(24)12-16/h5,8-13,15,21,26H,3-4,6-7H2,1-2H3,(H,27,29)/t21-/m0/s1. The molecule has 30 heavy (non-hydrogen) atoms. The molecule has 1 aromatic carbocycles. The number of carbonyl (C=O) groups excluding carboxylic acids is 1. The Morgan fingerprint density at radius 1 is 1.30 bits per heavy atom. The molecule has 7 heteroatoms. The quantitative estimate of drug-likeness (QED) is 0.652. The summed E-state index contributed by atoms with van der Waals surface area (Å²) in [6, 6.07) is 7.81. The van der Waals surface area contributed by atoms with Crippen LogP contribution in [0.1, 0.15) is 53.8 Å². The molecule has 2 heterocycles. The lowest BCUT2D eigenvalue weighted by molar-refractivity contribution is 0.0900. The Balaban J connectivity index is 1.79. The fourth-order valence-corrected chi connectivity index (χ4v) is 4.16. The van der Waals surface area contributed by atoms with Gasteiger partial charge in [0.1, 0.15) is 5.82 Å². The third kappa shape index (κ3) is 3.56. The van der Waals surface area contributed by atoms with Crippen molar-refractivity contribution in [3.05, 3.63) is 75.7 Å². The number of hydrogen-bond donors (Lipinski definition) is 2. The molecule has 1 fully saturated rings. The first-order valence-electron chi connectivity index (χ1n) is 10.3. The number of nitrogens with zero attached hydrogens (tertiary/aromatic N) is 2. The molecule has 1 aliphatic rings. The molecule has 3 aromatic rings. The van der Waals surface area contributed by atoms with Gasteiger partial charge in [0.2, 0.25) is 0 Å². The van der Waals surface area contributed by atoms with Crippen LogP contribution in [-0.2, 0) is 0 Å². The molecule has 0 unspecified atom stereocenters. The zero-order chi connectivity index (χ0) is 21.3. The van der Waals surface area contributed by atoms with Gasteiger partial charge in [-0.25, -0.2) is 9.07 Å². The van der Waals surface area contributed by atoms with E-state index in [1.807, 2.05) is 13.0 Å². The Morgan fingerprint density at radius 2 is 2.10 bits per heavy atom. The minimum atomic E-state index is -0.320. The van der Waals surface area contributed by atoms with Crippen molar-refractivity contribution >= 4 is 16.7 Å². The summed E-state index contributed by atoms with van der Waals surface area (Å²) in [7, 11) is 0. The maximum atomic E-state index is 13.9. The van der Waals surface area contributed by atoms with E-state index in [1.165, 1.54) is 23.0 Å². The van der Waals surface area contributed by atoms with Gasteiger partial charge in [0.25, 0.3) is 11.5 Å². The number of fused-ring (bicyclic) bond motifs is 1. The number of halogens is 1. The Morgan fingerprint density at radius 3 is 2.77 bits per heavy atom. The molecular formula is C23H25FN4O2. The van der Waals surface area contributed by atoms with Crippen LogP contribution in [0.5, 0.6) is 0 Å². The average Bonchev–Trinajstić information content (AvgIpc) is 2.69. The van der Waals surface area contributed by atoms with Crippen LogP contribution in [0.4, 0.5) is 4.39 Å². The predicted octanol–water partition coefficient (Wildman–Crippen LogP) is 3.68. The Bertz CT molecular complexity index is 1150. The van der Waals surface area contributed by atoms with Crippen LogP contribution in [0.3, 0.4) is 0 Å². The molecule has 1 atom stereocenters. The molecule has 2 aromatic heterocycles. The summed E-state index contributed by atoms with van der Waals surface area (Å²) in [6.45, 7) is 4.16. The third-order valence-corrected chi connectivity index (χ3v) is 5.88. The summed E-state index contributed by atoms with van der Waals surface area (Å²) in [4.78, 5) is 30.4. The van der Waals surface area contributed by atoms with Gasteiger partial charge in [-0.3, -0.25) is 14.6 Å². The molecule has 1 saturated carbocycles. The van der Waals surface area contributed by atoms with E-state index in [0.717, 1.165) is 24.8 Å². The van der Waals surface area contributed by atoms with Crippen LogP contribution in [0, 0.1) is 18.7 Å². The van der Waals surface area contributed by atoms with E-state index in [0.29, 0.717) is 28.6 Å². The van der Waals surface area contributed by atoms with E-state index in [2.05, 4.69) is 15.7 Å². The van der Waals surface area contributed by atoms with Crippen molar-refractivity contribution in [3.8, 4) is 0 Å². The van der Waals surface area contributed by atoms with Crippen LogP contribution >= 0.6 is 0 Å². The van der Waals surface area contributed by atoms with Crippen molar-refractivity contribution in [3.63, 3.8) is 0 Å². The summed E-state index contributed by atoms with van der Waals surface area (Å²) in [5.74, 6) is -0.334. The summed E-state index contributed by atoms with van der Waals surface area (Å²) >= 11 is 0. The number of benzene rings is 1. The summed E-state index contributed by atoms with van der Waals surface area (Å²) < 4.78 is 15.3. The molecule has 1 aliphatic carbocycles. The maximum absolute atomic E-state index is 13.9. The second-order valence-corrected chi connectivity index (χ2v) is 7.73. The fourth-order valence-electron chi connectivity index (χ4n) is 4.16. The highest BCUT2D eigenvalue weighted by atomic mass is 19.1. The molecule has 0 radical (unpaired) electrons. The Hall–Kier alpha value is -3.22. The number of pyridine rings is 2. The van der Waals surface area contributed by atoms with E-state index < -0.39 is 0 Å². The Kier molecular flexibility index (Phi) is 5.53. The number of aromatic nitrogens is 2. The fraction of sp³-hybridized carbons (Fsp3) is 0.348. The Labute approximate surface area is 174 Å². The van der Waals surface area contributed by atoms with Crippen LogP contribution in [0.2, 0.25) is 0 Å². The molecule has 0 saturated heterocycles. The molecule has 0 bridgehead atoms. The van der Waals surface area contributed by atoms with Crippen LogP contribution in [0.15, 0.2) is 47.5 Å². The largest absolute Gasteiger partial charge is 0.345 e. The van der Waals surface area contributed by atoms with Gasteiger partial charge in [0, 0.05) is 24.3 Å². The lowest BCUT2D eigenvalue weighted by atomic mass is 9.77. The van der Waals surface area contributed by atoms with Crippen molar-refractivity contribution in [1.29, 1.82) is 0 Å². The SMILES string of the molecule is CCNn1c(C)c(C(=O)N[C@H](c2cccc(F)c2)C2CCC2)c2ccncc2c1=O. The first-order chi connectivity index (χ1) is 14.5. The summed E-state index contributed by atoms with van der Waals surface area (Å²) in [5, 5.41) is 4.07. The maximum Gasteiger partial charge on any atom is 0.278 e. The predicted molar refractivity (Wildman–Crippen MR) is 115 cm³/mol. The number of amides is 1. The minimum Gasteiger partial charge on any atom is -0.345 e. The van der Waals surface area contributed by atoms with Gasteiger partial charge in [0.05, 0.1) is 22.7 Å². The number of carbonyl (C=O) groups is 1. The van der Waals surface area contributed by atoms with Crippen LogP contribution in [-0.4, -0.2) is 22.1 Å². The lowest BCUT2D eigenvalue weighted by Crippen LogP contribution is -2.39. The zero-order valence-electron chi connectivity index (χ0n) is 17.1. The molecule has 2 N–H and O–H groups in total. The van der Waals surface area contributed by atoms with E-state index >= 15 is 0 Å². The van der Waals surface area contributed by atoms with Gasteiger partial charge in [-0.15, -0.1) is 0 Å². The van der Waals surface area contributed by atoms with Crippen LogP contribution in [0.25, 0.3) is 10.8 Å². The van der Waals surface area contributed by atoms with Gasteiger partial charge in [0.15, 0.2) is 0 Å². The summed E-state index contributed by atoms with van der Waals surface area (Å²) in [6.07, 6.45) is 6.14. The van der Waals surface area contributed by atoms with E-state index in [9.17, 15) is 14.0 Å². The monoisotopic (exact) mass is 408 g/mol. The first-order valence-corrected chi connectivity index (χ1v) is 10.3. The normalized spacial score (nSPS) is 14.9. The molecule has 1 amide bonds. The second-order valence-electron chi connectivity index (χ2n) is 7.73. The van der Waals surface area contributed by atoms with Crippen LogP contribution < -0.4 is 16.3 Å².